The molecule has 26 heavy (non-hydrogen) atoms. The van der Waals surface area contributed by atoms with Crippen LogP contribution in [0.25, 0.3) is 0 Å². The van der Waals surface area contributed by atoms with Crippen molar-refractivity contribution in [1.29, 1.82) is 0 Å². The molecule has 8 nitrogen and oxygen atoms in total. The minimum atomic E-state index is -0.479. The van der Waals surface area contributed by atoms with Crippen molar-refractivity contribution in [3.05, 3.63) is 72.1 Å². The molecule has 0 unspecified atom stereocenters. The Bertz CT molecular complexity index is 909. The van der Waals surface area contributed by atoms with Gasteiger partial charge >= 0.3 is 5.97 Å². The highest BCUT2D eigenvalue weighted by Crippen LogP contribution is 2.14. The lowest BCUT2D eigenvalue weighted by Crippen LogP contribution is -2.15. The van der Waals surface area contributed by atoms with Crippen LogP contribution in [0.1, 0.15) is 26.6 Å². The molecule has 0 aliphatic rings. The molecular formula is C18H16N4O4. The summed E-state index contributed by atoms with van der Waals surface area (Å²) in [5.41, 5.74) is 0.987. The largest absolute Gasteiger partial charge is 0.467 e. The van der Waals surface area contributed by atoms with Crippen LogP contribution in [-0.4, -0.2) is 29.0 Å². The van der Waals surface area contributed by atoms with Crippen molar-refractivity contribution in [3.63, 3.8) is 0 Å². The van der Waals surface area contributed by atoms with Crippen molar-refractivity contribution >= 4 is 23.4 Å². The Morgan fingerprint density at radius 1 is 1.15 bits per heavy atom. The molecule has 0 saturated carbocycles. The van der Waals surface area contributed by atoms with Gasteiger partial charge in [-0.25, -0.2) is 14.8 Å². The summed E-state index contributed by atoms with van der Waals surface area (Å²) in [5, 5.41) is 5.74. The standard InChI is InChI=1S/C18H16N4O4/c1-25-18(24)12-4-2-5-13(8-12)22-17(23)15-9-16(21-11-20-15)19-10-14-6-3-7-26-14/h2-9,11H,10H2,1H3,(H,22,23)(H,19,20,21). The number of methoxy groups -OCH3 is 1. The van der Waals surface area contributed by atoms with Crippen molar-refractivity contribution in [1.82, 2.24) is 9.97 Å². The van der Waals surface area contributed by atoms with Gasteiger partial charge in [0.1, 0.15) is 23.6 Å². The number of amides is 1. The number of rotatable bonds is 6. The van der Waals surface area contributed by atoms with Gasteiger partial charge in [-0.05, 0) is 30.3 Å². The summed E-state index contributed by atoms with van der Waals surface area (Å²) in [4.78, 5) is 32.0. The third kappa shape index (κ3) is 4.23. The molecule has 0 aliphatic carbocycles. The van der Waals surface area contributed by atoms with E-state index in [1.54, 1.807) is 30.5 Å². The van der Waals surface area contributed by atoms with E-state index in [4.69, 9.17) is 4.42 Å². The molecule has 8 heteroatoms. The number of hydrogen-bond acceptors (Lipinski definition) is 7. The van der Waals surface area contributed by atoms with E-state index < -0.39 is 11.9 Å². The summed E-state index contributed by atoms with van der Waals surface area (Å²) in [6.45, 7) is 0.437. The van der Waals surface area contributed by atoms with E-state index >= 15 is 0 Å². The van der Waals surface area contributed by atoms with Gasteiger partial charge in [0.2, 0.25) is 0 Å². The minimum Gasteiger partial charge on any atom is -0.467 e. The number of benzene rings is 1. The number of furan rings is 1. The lowest BCUT2D eigenvalue weighted by molar-refractivity contribution is 0.0600. The van der Waals surface area contributed by atoms with Crippen LogP contribution in [0.4, 0.5) is 11.5 Å². The van der Waals surface area contributed by atoms with Gasteiger partial charge in [0.05, 0.1) is 25.5 Å². The Hall–Kier alpha value is -3.68. The molecule has 0 atom stereocenters. The first-order valence-electron chi connectivity index (χ1n) is 7.74. The summed E-state index contributed by atoms with van der Waals surface area (Å²) in [6.07, 6.45) is 2.88. The van der Waals surface area contributed by atoms with E-state index in [1.165, 1.54) is 25.6 Å². The zero-order valence-corrected chi connectivity index (χ0v) is 13.9. The van der Waals surface area contributed by atoms with Crippen LogP contribution in [0.3, 0.4) is 0 Å². The van der Waals surface area contributed by atoms with Gasteiger partial charge in [0.15, 0.2) is 0 Å². The van der Waals surface area contributed by atoms with Crippen LogP contribution >= 0.6 is 0 Å². The summed E-state index contributed by atoms with van der Waals surface area (Å²) in [5.74, 6) is 0.335. The van der Waals surface area contributed by atoms with Gasteiger partial charge in [-0.2, -0.15) is 0 Å². The summed E-state index contributed by atoms with van der Waals surface area (Å²) in [6, 6.07) is 11.6. The van der Waals surface area contributed by atoms with Crippen LogP contribution in [-0.2, 0) is 11.3 Å². The second-order valence-corrected chi connectivity index (χ2v) is 5.25. The Kier molecular flexibility index (Phi) is 5.23. The maximum Gasteiger partial charge on any atom is 0.337 e. The maximum atomic E-state index is 12.4. The predicted molar refractivity (Wildman–Crippen MR) is 93.8 cm³/mol. The lowest BCUT2D eigenvalue weighted by Gasteiger charge is -2.08. The van der Waals surface area contributed by atoms with Crippen molar-refractivity contribution in [2.45, 2.75) is 6.54 Å². The van der Waals surface area contributed by atoms with E-state index in [0.717, 1.165) is 5.76 Å². The molecule has 0 bridgehead atoms. The van der Waals surface area contributed by atoms with Crippen molar-refractivity contribution in [3.8, 4) is 0 Å². The Labute approximate surface area is 149 Å². The number of carbonyl (C=O) groups excluding carboxylic acids is 2. The first-order valence-corrected chi connectivity index (χ1v) is 7.74. The number of nitrogens with one attached hydrogen (secondary N) is 2. The molecule has 0 radical (unpaired) electrons. The average molecular weight is 352 g/mol. The fourth-order valence-electron chi connectivity index (χ4n) is 2.21. The van der Waals surface area contributed by atoms with E-state index in [0.29, 0.717) is 23.6 Å². The molecule has 0 aliphatic heterocycles. The van der Waals surface area contributed by atoms with Crippen LogP contribution in [0, 0.1) is 0 Å². The molecule has 2 heterocycles. The third-order valence-corrected chi connectivity index (χ3v) is 3.47. The van der Waals surface area contributed by atoms with E-state index in [2.05, 4.69) is 25.3 Å². The Morgan fingerprint density at radius 2 is 2.04 bits per heavy atom. The van der Waals surface area contributed by atoms with Gasteiger partial charge in [0, 0.05) is 11.8 Å². The van der Waals surface area contributed by atoms with Gasteiger partial charge in [-0.1, -0.05) is 6.07 Å². The van der Waals surface area contributed by atoms with Crippen LogP contribution in [0.15, 0.2) is 59.5 Å². The molecule has 1 aromatic carbocycles. The van der Waals surface area contributed by atoms with Gasteiger partial charge in [-0.15, -0.1) is 0 Å². The molecule has 132 valence electrons. The number of hydrogen-bond donors (Lipinski definition) is 2. The topological polar surface area (TPSA) is 106 Å². The van der Waals surface area contributed by atoms with Gasteiger partial charge < -0.3 is 19.8 Å². The first-order chi connectivity index (χ1) is 12.7. The van der Waals surface area contributed by atoms with E-state index in [-0.39, 0.29) is 5.69 Å². The highest BCUT2D eigenvalue weighted by atomic mass is 16.5. The number of carbonyl (C=O) groups is 2. The zero-order valence-electron chi connectivity index (χ0n) is 13.9. The second-order valence-electron chi connectivity index (χ2n) is 5.25. The van der Waals surface area contributed by atoms with Crippen molar-refractivity contribution in [2.24, 2.45) is 0 Å². The average Bonchev–Trinajstić information content (AvgIpc) is 3.20. The zero-order chi connectivity index (χ0) is 18.4. The van der Waals surface area contributed by atoms with Crippen molar-refractivity contribution in [2.75, 3.05) is 17.7 Å². The first kappa shape index (κ1) is 17.2. The Balaban J connectivity index is 1.68. The van der Waals surface area contributed by atoms with Gasteiger partial charge in [-0.3, -0.25) is 4.79 Å². The number of aromatic nitrogens is 2. The molecule has 0 spiro atoms. The monoisotopic (exact) mass is 352 g/mol. The fraction of sp³-hybridized carbons (Fsp3) is 0.111. The summed E-state index contributed by atoms with van der Waals surface area (Å²) < 4.78 is 9.89. The fourth-order valence-corrected chi connectivity index (χ4v) is 2.21. The minimum absolute atomic E-state index is 0.186. The normalized spacial score (nSPS) is 10.2. The predicted octanol–water partition coefficient (Wildman–Crippen LogP) is 2.72. The number of anilines is 2. The SMILES string of the molecule is COC(=O)c1cccc(NC(=O)c2cc(NCc3ccco3)ncn2)c1. The molecule has 1 amide bonds. The van der Waals surface area contributed by atoms with Crippen LogP contribution in [0.5, 0.6) is 0 Å². The number of esters is 1. The second kappa shape index (κ2) is 7.93. The summed E-state index contributed by atoms with van der Waals surface area (Å²) >= 11 is 0. The van der Waals surface area contributed by atoms with E-state index in [1.807, 2.05) is 6.07 Å². The molecule has 3 rings (SSSR count). The molecule has 2 aromatic heterocycles. The number of nitrogens with zero attached hydrogens (tertiary/aromatic N) is 2. The van der Waals surface area contributed by atoms with E-state index in [9.17, 15) is 9.59 Å². The third-order valence-electron chi connectivity index (χ3n) is 3.47. The van der Waals surface area contributed by atoms with Crippen LogP contribution in [0.2, 0.25) is 0 Å². The molecular weight excluding hydrogens is 336 g/mol. The molecule has 2 N–H and O–H groups in total. The van der Waals surface area contributed by atoms with Crippen molar-refractivity contribution < 1.29 is 18.7 Å². The molecule has 0 saturated heterocycles. The molecule has 0 fully saturated rings. The highest BCUT2D eigenvalue weighted by Gasteiger charge is 2.11. The quantitative estimate of drug-likeness (QED) is 0.657. The Morgan fingerprint density at radius 3 is 2.81 bits per heavy atom. The number of ether oxygens (including phenoxy) is 1. The van der Waals surface area contributed by atoms with Crippen LogP contribution < -0.4 is 10.6 Å². The lowest BCUT2D eigenvalue weighted by atomic mass is 10.2. The van der Waals surface area contributed by atoms with Gasteiger partial charge in [0.25, 0.3) is 5.91 Å². The highest BCUT2D eigenvalue weighted by molar-refractivity contribution is 6.03. The smallest absolute Gasteiger partial charge is 0.337 e. The summed E-state index contributed by atoms with van der Waals surface area (Å²) in [7, 11) is 1.30. The molecule has 3 aromatic rings. The maximum absolute atomic E-state index is 12.4.